The van der Waals surface area contributed by atoms with Gasteiger partial charge in [-0.1, -0.05) is 0 Å². The summed E-state index contributed by atoms with van der Waals surface area (Å²) in [7, 11) is 6.10. The second kappa shape index (κ2) is 3.58. The quantitative estimate of drug-likeness (QED) is 0.775. The maximum Gasteiger partial charge on any atom is 0.126 e. The molecule has 0 amide bonds. The number of imidazole rings is 1. The van der Waals surface area contributed by atoms with E-state index in [1.54, 1.807) is 0 Å². The summed E-state index contributed by atoms with van der Waals surface area (Å²) in [6.07, 6.45) is 1.83. The first-order chi connectivity index (χ1) is 5.54. The molecule has 68 valence electrons. The summed E-state index contributed by atoms with van der Waals surface area (Å²) < 4.78 is 3.07. The molecule has 3 nitrogen and oxygen atoms in total. The Morgan fingerprint density at radius 2 is 2.17 bits per heavy atom. The summed E-state index contributed by atoms with van der Waals surface area (Å²) in [5, 5.41) is 0. The zero-order valence-electron chi connectivity index (χ0n) is 7.87. The topological polar surface area (TPSA) is 21.1 Å². The third-order valence-electron chi connectivity index (χ3n) is 2.12. The summed E-state index contributed by atoms with van der Waals surface area (Å²) in [6, 6.07) is 0.348. The van der Waals surface area contributed by atoms with E-state index >= 15 is 0 Å². The molecule has 12 heavy (non-hydrogen) atoms. The van der Waals surface area contributed by atoms with Gasteiger partial charge in [-0.25, -0.2) is 4.98 Å². The van der Waals surface area contributed by atoms with Crippen LogP contribution in [0.3, 0.4) is 0 Å². The Bertz CT molecular complexity index is 267. The molecule has 1 aromatic heterocycles. The van der Waals surface area contributed by atoms with E-state index in [-0.39, 0.29) is 0 Å². The van der Waals surface area contributed by atoms with Crippen molar-refractivity contribution in [3.05, 3.63) is 16.6 Å². The number of rotatable bonds is 2. The van der Waals surface area contributed by atoms with E-state index in [0.29, 0.717) is 6.04 Å². The Labute approximate surface area is 81.5 Å². The van der Waals surface area contributed by atoms with E-state index in [4.69, 9.17) is 0 Å². The lowest BCUT2D eigenvalue weighted by atomic mass is 10.3. The molecule has 0 saturated carbocycles. The normalized spacial score (nSPS) is 13.8. The molecule has 0 aliphatic heterocycles. The monoisotopic (exact) mass is 231 g/mol. The van der Waals surface area contributed by atoms with Crippen LogP contribution in [-0.2, 0) is 7.05 Å². The first-order valence-electron chi connectivity index (χ1n) is 3.87. The van der Waals surface area contributed by atoms with E-state index in [2.05, 4.69) is 32.7 Å². The van der Waals surface area contributed by atoms with E-state index in [0.717, 1.165) is 10.4 Å². The molecule has 1 unspecified atom stereocenters. The van der Waals surface area contributed by atoms with Crippen molar-refractivity contribution >= 4 is 15.9 Å². The lowest BCUT2D eigenvalue weighted by Gasteiger charge is -2.19. The summed E-state index contributed by atoms with van der Waals surface area (Å²) in [4.78, 5) is 6.44. The minimum atomic E-state index is 0.348. The smallest absolute Gasteiger partial charge is 0.126 e. The maximum absolute atomic E-state index is 4.31. The van der Waals surface area contributed by atoms with Crippen molar-refractivity contribution in [1.29, 1.82) is 0 Å². The molecule has 0 saturated heterocycles. The van der Waals surface area contributed by atoms with Crippen LogP contribution in [-0.4, -0.2) is 28.5 Å². The van der Waals surface area contributed by atoms with Gasteiger partial charge < -0.3 is 4.57 Å². The Hall–Kier alpha value is -0.350. The summed E-state index contributed by atoms with van der Waals surface area (Å²) in [6.45, 7) is 2.13. The zero-order valence-corrected chi connectivity index (χ0v) is 9.46. The van der Waals surface area contributed by atoms with Crippen LogP contribution in [0, 0.1) is 0 Å². The number of nitrogens with zero attached hydrogens (tertiary/aromatic N) is 3. The molecule has 1 aromatic rings. The molecule has 0 N–H and O–H groups in total. The molecule has 1 heterocycles. The van der Waals surface area contributed by atoms with Crippen molar-refractivity contribution in [2.45, 2.75) is 13.0 Å². The van der Waals surface area contributed by atoms with Gasteiger partial charge >= 0.3 is 0 Å². The van der Waals surface area contributed by atoms with Crippen LogP contribution >= 0.6 is 15.9 Å². The molecule has 0 aliphatic rings. The van der Waals surface area contributed by atoms with Gasteiger partial charge in [-0.15, -0.1) is 0 Å². The van der Waals surface area contributed by atoms with Crippen molar-refractivity contribution in [3.8, 4) is 0 Å². The summed E-state index contributed by atoms with van der Waals surface area (Å²) in [5.74, 6) is 1.08. The Morgan fingerprint density at radius 3 is 2.50 bits per heavy atom. The SMILES string of the molecule is CC(c1ncc(Br)n1C)N(C)C. The van der Waals surface area contributed by atoms with Crippen molar-refractivity contribution in [3.63, 3.8) is 0 Å². The van der Waals surface area contributed by atoms with Crippen LogP contribution in [0.5, 0.6) is 0 Å². The highest BCUT2D eigenvalue weighted by molar-refractivity contribution is 9.10. The molecule has 0 radical (unpaired) electrons. The molecular weight excluding hydrogens is 218 g/mol. The minimum Gasteiger partial charge on any atom is -0.325 e. The van der Waals surface area contributed by atoms with Crippen LogP contribution in [0.2, 0.25) is 0 Å². The molecule has 4 heteroatoms. The molecule has 0 bridgehead atoms. The molecule has 0 fully saturated rings. The average Bonchev–Trinajstić information content (AvgIpc) is 2.32. The van der Waals surface area contributed by atoms with Gasteiger partial charge in [-0.05, 0) is 36.9 Å². The Kier molecular flexibility index (Phi) is 2.90. The highest BCUT2D eigenvalue weighted by atomic mass is 79.9. The van der Waals surface area contributed by atoms with E-state index in [1.165, 1.54) is 0 Å². The average molecular weight is 232 g/mol. The van der Waals surface area contributed by atoms with Gasteiger partial charge in [0.1, 0.15) is 10.4 Å². The number of hydrogen-bond donors (Lipinski definition) is 0. The lowest BCUT2D eigenvalue weighted by Crippen LogP contribution is -2.20. The number of halogens is 1. The van der Waals surface area contributed by atoms with Gasteiger partial charge in [-0.2, -0.15) is 0 Å². The fourth-order valence-corrected chi connectivity index (χ4v) is 1.31. The largest absolute Gasteiger partial charge is 0.325 e. The van der Waals surface area contributed by atoms with Gasteiger partial charge in [0.15, 0.2) is 0 Å². The number of aromatic nitrogens is 2. The van der Waals surface area contributed by atoms with Gasteiger partial charge in [0, 0.05) is 7.05 Å². The maximum atomic E-state index is 4.31. The van der Waals surface area contributed by atoms with Gasteiger partial charge in [0.05, 0.1) is 12.2 Å². The summed E-state index contributed by atoms with van der Waals surface area (Å²) in [5.41, 5.74) is 0. The molecule has 0 spiro atoms. The molecule has 1 rings (SSSR count). The van der Waals surface area contributed by atoms with Crippen LogP contribution in [0.15, 0.2) is 10.8 Å². The van der Waals surface area contributed by atoms with Crippen LogP contribution < -0.4 is 0 Å². The first kappa shape index (κ1) is 9.74. The number of hydrogen-bond acceptors (Lipinski definition) is 2. The van der Waals surface area contributed by atoms with E-state index < -0.39 is 0 Å². The second-order valence-corrected chi connectivity index (χ2v) is 3.95. The molecular formula is C8H14BrN3. The molecule has 0 aliphatic carbocycles. The Balaban J connectivity index is 2.95. The zero-order chi connectivity index (χ0) is 9.30. The molecule has 0 aromatic carbocycles. The Morgan fingerprint density at radius 1 is 1.58 bits per heavy atom. The highest BCUT2D eigenvalue weighted by Gasteiger charge is 2.13. The van der Waals surface area contributed by atoms with E-state index in [1.807, 2.05) is 31.9 Å². The second-order valence-electron chi connectivity index (χ2n) is 3.14. The van der Waals surface area contributed by atoms with E-state index in [9.17, 15) is 0 Å². The lowest BCUT2D eigenvalue weighted by molar-refractivity contribution is 0.303. The van der Waals surface area contributed by atoms with Crippen molar-refractivity contribution in [1.82, 2.24) is 14.5 Å². The molecule has 1 atom stereocenters. The first-order valence-corrected chi connectivity index (χ1v) is 4.67. The standard InChI is InChI=1S/C8H14BrN3/c1-6(11(2)3)8-10-5-7(9)12(8)4/h5-6H,1-4H3. The predicted octanol–water partition coefficient (Wildman–Crippen LogP) is 1.81. The van der Waals surface area contributed by atoms with Crippen LogP contribution in [0.1, 0.15) is 18.8 Å². The van der Waals surface area contributed by atoms with Gasteiger partial charge in [0.25, 0.3) is 0 Å². The van der Waals surface area contributed by atoms with Crippen molar-refractivity contribution in [2.75, 3.05) is 14.1 Å². The third kappa shape index (κ3) is 1.69. The van der Waals surface area contributed by atoms with Gasteiger partial charge in [0.2, 0.25) is 0 Å². The van der Waals surface area contributed by atoms with Crippen LogP contribution in [0.25, 0.3) is 0 Å². The minimum absolute atomic E-state index is 0.348. The summed E-state index contributed by atoms with van der Waals surface area (Å²) >= 11 is 3.42. The fraction of sp³-hybridized carbons (Fsp3) is 0.625. The van der Waals surface area contributed by atoms with Crippen LogP contribution in [0.4, 0.5) is 0 Å². The van der Waals surface area contributed by atoms with Crippen molar-refractivity contribution in [2.24, 2.45) is 7.05 Å². The fourth-order valence-electron chi connectivity index (χ4n) is 1.02. The highest BCUT2D eigenvalue weighted by Crippen LogP contribution is 2.19. The van der Waals surface area contributed by atoms with Crippen molar-refractivity contribution < 1.29 is 0 Å². The predicted molar refractivity (Wildman–Crippen MR) is 53.0 cm³/mol. The van der Waals surface area contributed by atoms with Gasteiger partial charge in [-0.3, -0.25) is 4.90 Å². The third-order valence-corrected chi connectivity index (χ3v) is 2.85.